The minimum absolute atomic E-state index is 0.0104. The highest BCUT2D eigenvalue weighted by Gasteiger charge is 2.31. The highest BCUT2D eigenvalue weighted by molar-refractivity contribution is 5.86. The molecule has 0 radical (unpaired) electrons. The van der Waals surface area contributed by atoms with Crippen LogP contribution in [0.1, 0.15) is 57.6 Å². The monoisotopic (exact) mass is 489 g/mol. The third-order valence-corrected chi connectivity index (χ3v) is 7.20. The molecule has 36 heavy (non-hydrogen) atoms. The van der Waals surface area contributed by atoms with Gasteiger partial charge < -0.3 is 19.5 Å². The number of hydrogen-bond donors (Lipinski definition) is 1. The van der Waals surface area contributed by atoms with Crippen molar-refractivity contribution in [1.29, 1.82) is 0 Å². The van der Waals surface area contributed by atoms with Crippen LogP contribution in [0.2, 0.25) is 0 Å². The van der Waals surface area contributed by atoms with Crippen molar-refractivity contribution in [3.05, 3.63) is 65.9 Å². The van der Waals surface area contributed by atoms with Crippen LogP contribution in [0.15, 0.2) is 54.7 Å². The maximum absolute atomic E-state index is 13.7. The van der Waals surface area contributed by atoms with Gasteiger partial charge in [-0.1, -0.05) is 43.2 Å². The Morgan fingerprint density at radius 2 is 1.78 bits per heavy atom. The summed E-state index contributed by atoms with van der Waals surface area (Å²) in [6, 6.07) is 16.2. The Balaban J connectivity index is 1.51. The maximum atomic E-state index is 13.7. The number of H-pyrrole nitrogens is 1. The molecule has 1 fully saturated rings. The number of para-hydroxylation sites is 1. The predicted octanol–water partition coefficient (Wildman–Crippen LogP) is 5.57. The summed E-state index contributed by atoms with van der Waals surface area (Å²) in [6.07, 6.45) is 6.86. The first-order valence-corrected chi connectivity index (χ1v) is 13.3. The molecule has 3 aromatic rings. The van der Waals surface area contributed by atoms with Crippen molar-refractivity contribution in [1.82, 2.24) is 14.8 Å². The van der Waals surface area contributed by atoms with Gasteiger partial charge in [-0.25, -0.2) is 0 Å². The number of nitrogens with one attached hydrogen (secondary N) is 1. The number of ether oxygens (including phenoxy) is 1. The first kappa shape index (κ1) is 25.8. The molecule has 0 spiro atoms. The van der Waals surface area contributed by atoms with E-state index in [1.807, 2.05) is 68.3 Å². The van der Waals surface area contributed by atoms with E-state index in [-0.39, 0.29) is 30.3 Å². The van der Waals surface area contributed by atoms with Crippen molar-refractivity contribution >= 4 is 22.7 Å². The number of amides is 2. The zero-order chi connectivity index (χ0) is 25.5. The number of hydrogen-bond acceptors (Lipinski definition) is 3. The van der Waals surface area contributed by atoms with E-state index in [4.69, 9.17) is 4.74 Å². The molecule has 6 nitrogen and oxygen atoms in total. The summed E-state index contributed by atoms with van der Waals surface area (Å²) in [7, 11) is 0. The van der Waals surface area contributed by atoms with Gasteiger partial charge in [0, 0.05) is 42.1 Å². The van der Waals surface area contributed by atoms with Crippen molar-refractivity contribution in [2.75, 3.05) is 19.7 Å². The molecule has 1 aliphatic rings. The molecule has 1 heterocycles. The molecule has 1 N–H and O–H groups in total. The smallest absolute Gasteiger partial charge is 0.242 e. The predicted molar refractivity (Wildman–Crippen MR) is 144 cm³/mol. The maximum Gasteiger partial charge on any atom is 0.242 e. The number of benzene rings is 2. The molecular weight excluding hydrogens is 450 g/mol. The fourth-order valence-corrected chi connectivity index (χ4v) is 5.13. The molecule has 0 atom stereocenters. The Morgan fingerprint density at radius 3 is 2.47 bits per heavy atom. The molecule has 0 bridgehead atoms. The van der Waals surface area contributed by atoms with E-state index in [9.17, 15) is 9.59 Å². The lowest BCUT2D eigenvalue weighted by Gasteiger charge is -2.32. The van der Waals surface area contributed by atoms with Crippen LogP contribution in [-0.4, -0.2) is 52.3 Å². The second kappa shape index (κ2) is 12.1. The highest BCUT2D eigenvalue weighted by atomic mass is 16.5. The van der Waals surface area contributed by atoms with Crippen LogP contribution in [0.3, 0.4) is 0 Å². The molecule has 1 saturated carbocycles. The van der Waals surface area contributed by atoms with Gasteiger partial charge >= 0.3 is 0 Å². The zero-order valence-electron chi connectivity index (χ0n) is 21.8. The van der Waals surface area contributed by atoms with Gasteiger partial charge in [-0.2, -0.15) is 0 Å². The van der Waals surface area contributed by atoms with Crippen LogP contribution in [0.4, 0.5) is 0 Å². The van der Waals surface area contributed by atoms with Gasteiger partial charge in [-0.05, 0) is 69.4 Å². The first-order chi connectivity index (χ1) is 17.5. The summed E-state index contributed by atoms with van der Waals surface area (Å²) in [5, 5.41) is 1.19. The Bertz CT molecular complexity index is 1150. The van der Waals surface area contributed by atoms with Gasteiger partial charge in [0.05, 0.1) is 13.2 Å². The zero-order valence-corrected chi connectivity index (χ0v) is 21.8. The Kier molecular flexibility index (Phi) is 8.68. The largest absolute Gasteiger partial charge is 0.494 e. The lowest BCUT2D eigenvalue weighted by molar-refractivity contribution is -0.144. The van der Waals surface area contributed by atoms with E-state index < -0.39 is 0 Å². The van der Waals surface area contributed by atoms with E-state index >= 15 is 0 Å². The summed E-state index contributed by atoms with van der Waals surface area (Å²) in [6.45, 7) is 7.79. The van der Waals surface area contributed by atoms with Crippen LogP contribution in [0, 0.1) is 5.92 Å². The fourth-order valence-electron chi connectivity index (χ4n) is 5.13. The van der Waals surface area contributed by atoms with Crippen molar-refractivity contribution < 1.29 is 14.3 Å². The number of nitrogens with zero attached hydrogens (tertiary/aromatic N) is 2. The SMILES string of the molecule is CCOc1ccc(CN(CCc2c[nH]c3ccccc23)C(=O)CN(C(=O)C2CCCC2)C(C)C)cc1. The van der Waals surface area contributed by atoms with Crippen LogP contribution in [0.5, 0.6) is 5.75 Å². The quantitative estimate of drug-likeness (QED) is 0.383. The number of aromatic amines is 1. The Hall–Kier alpha value is -3.28. The Labute approximate surface area is 214 Å². The molecule has 1 aliphatic carbocycles. The van der Waals surface area contributed by atoms with Crippen LogP contribution in [-0.2, 0) is 22.6 Å². The summed E-state index contributed by atoms with van der Waals surface area (Å²) in [4.78, 5) is 33.9. The van der Waals surface area contributed by atoms with Crippen molar-refractivity contribution in [2.24, 2.45) is 5.92 Å². The topological polar surface area (TPSA) is 65.6 Å². The summed E-state index contributed by atoms with van der Waals surface area (Å²) >= 11 is 0. The number of carbonyl (C=O) groups is 2. The highest BCUT2D eigenvalue weighted by Crippen LogP contribution is 2.27. The summed E-state index contributed by atoms with van der Waals surface area (Å²) < 4.78 is 5.58. The molecule has 1 aromatic heterocycles. The molecule has 0 unspecified atom stereocenters. The van der Waals surface area contributed by atoms with E-state index in [2.05, 4.69) is 17.1 Å². The molecule has 0 saturated heterocycles. The van der Waals surface area contributed by atoms with Crippen molar-refractivity contribution in [3.8, 4) is 5.75 Å². The number of carbonyl (C=O) groups excluding carboxylic acids is 2. The molecule has 192 valence electrons. The summed E-state index contributed by atoms with van der Waals surface area (Å²) in [5.74, 6) is 1.01. The third-order valence-electron chi connectivity index (χ3n) is 7.20. The minimum atomic E-state index is -0.0111. The van der Waals surface area contributed by atoms with Gasteiger partial charge in [0.1, 0.15) is 5.75 Å². The number of rotatable bonds is 11. The average molecular weight is 490 g/mol. The van der Waals surface area contributed by atoms with Crippen LogP contribution < -0.4 is 4.74 Å². The van der Waals surface area contributed by atoms with E-state index in [1.54, 1.807) is 4.90 Å². The van der Waals surface area contributed by atoms with Gasteiger partial charge in [0.15, 0.2) is 0 Å². The van der Waals surface area contributed by atoms with Crippen molar-refractivity contribution in [2.45, 2.75) is 65.5 Å². The van der Waals surface area contributed by atoms with Crippen molar-refractivity contribution in [3.63, 3.8) is 0 Å². The normalized spacial score (nSPS) is 13.9. The van der Waals surface area contributed by atoms with Gasteiger partial charge in [-0.3, -0.25) is 9.59 Å². The van der Waals surface area contributed by atoms with Gasteiger partial charge in [-0.15, -0.1) is 0 Å². The van der Waals surface area contributed by atoms with E-state index in [1.165, 1.54) is 10.9 Å². The molecular formula is C30H39N3O3. The summed E-state index contributed by atoms with van der Waals surface area (Å²) in [5.41, 5.74) is 3.34. The van der Waals surface area contributed by atoms with Gasteiger partial charge in [0.25, 0.3) is 0 Å². The Morgan fingerprint density at radius 1 is 1.06 bits per heavy atom. The second-order valence-electron chi connectivity index (χ2n) is 10.0. The fraction of sp³-hybridized carbons (Fsp3) is 0.467. The molecule has 2 aromatic carbocycles. The van der Waals surface area contributed by atoms with Crippen LogP contribution in [0.25, 0.3) is 10.9 Å². The lowest BCUT2D eigenvalue weighted by Crippen LogP contribution is -2.47. The molecule has 4 rings (SSSR count). The minimum Gasteiger partial charge on any atom is -0.494 e. The second-order valence-corrected chi connectivity index (χ2v) is 10.0. The average Bonchev–Trinajstić information content (AvgIpc) is 3.56. The first-order valence-electron chi connectivity index (χ1n) is 13.3. The van der Waals surface area contributed by atoms with Gasteiger partial charge in [0.2, 0.25) is 11.8 Å². The number of fused-ring (bicyclic) bond motifs is 1. The third kappa shape index (κ3) is 6.28. The molecule has 0 aliphatic heterocycles. The van der Waals surface area contributed by atoms with Crippen LogP contribution >= 0.6 is 0 Å². The molecule has 6 heteroatoms. The van der Waals surface area contributed by atoms with E-state index in [0.29, 0.717) is 19.7 Å². The lowest BCUT2D eigenvalue weighted by atomic mass is 10.1. The standard InChI is InChI=1S/C30H39N3O3/c1-4-36-26-15-13-23(14-16-26)20-32(18-17-25-19-31-28-12-8-7-11-27(25)28)29(34)21-33(22(2)3)30(35)24-9-5-6-10-24/h7-8,11-16,19,22,24,31H,4-6,9-10,17-18,20-21H2,1-3H3. The van der Waals surface area contributed by atoms with E-state index in [0.717, 1.165) is 48.9 Å². The molecule has 2 amide bonds. The number of aromatic nitrogens is 1.